The van der Waals surface area contributed by atoms with E-state index in [1.54, 1.807) is 30.3 Å². The molecule has 1 saturated carbocycles. The van der Waals surface area contributed by atoms with Gasteiger partial charge >= 0.3 is 5.97 Å². The third-order valence-electron chi connectivity index (χ3n) is 5.29. The summed E-state index contributed by atoms with van der Waals surface area (Å²) in [5.74, 6) is 5.47. The monoisotopic (exact) mass is 444 g/mol. The summed E-state index contributed by atoms with van der Waals surface area (Å²) in [7, 11) is 1.25. The maximum atomic E-state index is 12.6. The molecule has 0 spiro atoms. The quantitative estimate of drug-likeness (QED) is 0.459. The van der Waals surface area contributed by atoms with Gasteiger partial charge in [0.2, 0.25) is 5.91 Å². The predicted molar refractivity (Wildman–Crippen MR) is 127 cm³/mol. The molecular formula is C27H28N2O4. The van der Waals surface area contributed by atoms with Crippen molar-refractivity contribution in [3.05, 3.63) is 77.4 Å². The average molecular weight is 445 g/mol. The van der Waals surface area contributed by atoms with Crippen LogP contribution in [0.3, 0.4) is 0 Å². The number of nitrogens with one attached hydrogen (secondary N) is 2. The van der Waals surface area contributed by atoms with Crippen LogP contribution < -0.4 is 10.6 Å². The number of benzene rings is 2. The van der Waals surface area contributed by atoms with Crippen LogP contribution in [0.1, 0.15) is 47.2 Å². The third kappa shape index (κ3) is 8.30. The minimum Gasteiger partial charge on any atom is -0.467 e. The van der Waals surface area contributed by atoms with Crippen molar-refractivity contribution in [1.29, 1.82) is 0 Å². The van der Waals surface area contributed by atoms with Crippen LogP contribution >= 0.6 is 0 Å². The van der Waals surface area contributed by atoms with Gasteiger partial charge in [0.25, 0.3) is 5.91 Å². The van der Waals surface area contributed by atoms with Crippen LogP contribution in [0.5, 0.6) is 0 Å². The molecule has 1 fully saturated rings. The van der Waals surface area contributed by atoms with E-state index in [0.717, 1.165) is 17.5 Å². The van der Waals surface area contributed by atoms with Crippen LogP contribution in [0.25, 0.3) is 6.08 Å². The minimum absolute atomic E-state index is 0.0147. The lowest BCUT2D eigenvalue weighted by molar-refractivity contribution is -0.142. The second-order valence-electron chi connectivity index (χ2n) is 7.93. The van der Waals surface area contributed by atoms with Crippen LogP contribution in [0.4, 0.5) is 0 Å². The molecular weight excluding hydrogens is 416 g/mol. The first kappa shape index (κ1) is 23.8. The molecule has 1 aliphatic rings. The molecule has 6 heteroatoms. The smallest absolute Gasteiger partial charge is 0.330 e. The first-order valence-corrected chi connectivity index (χ1v) is 11.0. The molecule has 33 heavy (non-hydrogen) atoms. The zero-order valence-electron chi connectivity index (χ0n) is 18.7. The maximum absolute atomic E-state index is 12.6. The van der Waals surface area contributed by atoms with E-state index in [1.165, 1.54) is 20.0 Å². The van der Waals surface area contributed by atoms with Crippen molar-refractivity contribution in [2.24, 2.45) is 5.92 Å². The Balaban J connectivity index is 1.52. The fourth-order valence-corrected chi connectivity index (χ4v) is 3.16. The highest BCUT2D eigenvalue weighted by molar-refractivity contribution is 5.97. The number of esters is 1. The summed E-state index contributed by atoms with van der Waals surface area (Å²) in [6.45, 7) is -0.0147. The Labute approximate surface area is 194 Å². The number of carbonyl (C=O) groups is 3. The molecule has 2 amide bonds. The third-order valence-corrected chi connectivity index (χ3v) is 5.29. The van der Waals surface area contributed by atoms with E-state index in [0.29, 0.717) is 17.9 Å². The lowest BCUT2D eigenvalue weighted by Crippen LogP contribution is -2.49. The molecule has 0 unspecified atom stereocenters. The molecule has 0 heterocycles. The fraction of sp³-hybridized carbons (Fsp3) is 0.296. The Bertz CT molecular complexity index is 1050. The van der Waals surface area contributed by atoms with Gasteiger partial charge in [-0.05, 0) is 54.3 Å². The lowest BCUT2D eigenvalue weighted by atomic mass is 10.1. The van der Waals surface area contributed by atoms with E-state index in [4.69, 9.17) is 4.74 Å². The molecule has 0 aliphatic heterocycles. The zero-order valence-corrected chi connectivity index (χ0v) is 18.7. The van der Waals surface area contributed by atoms with Gasteiger partial charge in [-0.1, -0.05) is 55.0 Å². The highest BCUT2D eigenvalue weighted by Crippen LogP contribution is 2.33. The molecule has 1 aliphatic carbocycles. The van der Waals surface area contributed by atoms with Gasteiger partial charge < -0.3 is 15.4 Å². The number of ether oxygens (including phenoxy) is 1. The lowest BCUT2D eigenvalue weighted by Gasteiger charge is -2.17. The summed E-state index contributed by atoms with van der Waals surface area (Å²) < 4.78 is 4.77. The predicted octanol–water partition coefficient (Wildman–Crippen LogP) is 3.33. The van der Waals surface area contributed by atoms with Crippen LogP contribution in [0.2, 0.25) is 0 Å². The number of hydrogen-bond donors (Lipinski definition) is 2. The number of allylic oxidation sites excluding steroid dienone is 1. The standard InChI is InChI=1S/C27H28N2O4/c1-33-27(32)24(19-28-25(30)18-15-22-11-12-22)29-26(31)23-16-13-21(14-17-23)10-6-5-9-20-7-3-2-4-8-20/h2-5,7-9,13-14,16-17,22,24H,11-12,15,18-19H2,1H3,(H,28,30)(H,29,31)/b9-5+/t24-/m0/s1. The summed E-state index contributed by atoms with van der Waals surface area (Å²) in [5, 5.41) is 5.34. The zero-order chi connectivity index (χ0) is 23.5. The summed E-state index contributed by atoms with van der Waals surface area (Å²) >= 11 is 0. The molecule has 6 nitrogen and oxygen atoms in total. The number of amides is 2. The molecule has 1 atom stereocenters. The van der Waals surface area contributed by atoms with E-state index in [-0.39, 0.29) is 12.5 Å². The number of methoxy groups -OCH3 is 1. The molecule has 2 aromatic carbocycles. The van der Waals surface area contributed by atoms with Gasteiger partial charge in [-0.3, -0.25) is 9.59 Å². The number of carbonyl (C=O) groups excluding carboxylic acids is 3. The van der Waals surface area contributed by atoms with Crippen molar-refractivity contribution >= 4 is 23.9 Å². The van der Waals surface area contributed by atoms with E-state index >= 15 is 0 Å². The number of hydrogen-bond acceptors (Lipinski definition) is 4. The Morgan fingerprint density at radius 3 is 2.48 bits per heavy atom. The molecule has 0 bridgehead atoms. The highest BCUT2D eigenvalue weighted by Gasteiger charge is 2.24. The minimum atomic E-state index is -0.963. The topological polar surface area (TPSA) is 84.5 Å². The van der Waals surface area contributed by atoms with Gasteiger partial charge in [0.05, 0.1) is 7.11 Å². The second kappa shape index (κ2) is 12.3. The van der Waals surface area contributed by atoms with Crippen molar-refractivity contribution < 1.29 is 19.1 Å². The molecule has 170 valence electrons. The van der Waals surface area contributed by atoms with Gasteiger partial charge in [0.1, 0.15) is 6.04 Å². The van der Waals surface area contributed by atoms with E-state index in [2.05, 4.69) is 22.5 Å². The Hall–Kier alpha value is -3.85. The fourth-order valence-electron chi connectivity index (χ4n) is 3.16. The molecule has 0 aromatic heterocycles. The number of rotatable bonds is 9. The van der Waals surface area contributed by atoms with Gasteiger partial charge in [-0.2, -0.15) is 0 Å². The summed E-state index contributed by atoms with van der Waals surface area (Å²) in [6.07, 6.45) is 7.35. The molecule has 2 N–H and O–H groups in total. The van der Waals surface area contributed by atoms with E-state index < -0.39 is 17.9 Å². The molecule has 2 aromatic rings. The molecule has 0 radical (unpaired) electrons. The van der Waals surface area contributed by atoms with Crippen LogP contribution in [-0.2, 0) is 14.3 Å². The van der Waals surface area contributed by atoms with Gasteiger partial charge in [0.15, 0.2) is 0 Å². The Kier molecular flexibility index (Phi) is 8.84. The second-order valence-corrected chi connectivity index (χ2v) is 7.93. The van der Waals surface area contributed by atoms with Crippen molar-refractivity contribution in [3.8, 4) is 11.8 Å². The van der Waals surface area contributed by atoms with Crippen molar-refractivity contribution in [3.63, 3.8) is 0 Å². The van der Waals surface area contributed by atoms with Crippen LogP contribution in [0.15, 0.2) is 60.7 Å². The van der Waals surface area contributed by atoms with Gasteiger partial charge in [-0.15, -0.1) is 0 Å². The summed E-state index contributed by atoms with van der Waals surface area (Å²) in [4.78, 5) is 36.6. The van der Waals surface area contributed by atoms with Crippen molar-refractivity contribution in [2.75, 3.05) is 13.7 Å². The largest absolute Gasteiger partial charge is 0.467 e. The van der Waals surface area contributed by atoms with Crippen molar-refractivity contribution in [2.45, 2.75) is 31.7 Å². The summed E-state index contributed by atoms with van der Waals surface area (Å²) in [5.41, 5.74) is 2.21. The summed E-state index contributed by atoms with van der Waals surface area (Å²) in [6, 6.07) is 15.7. The van der Waals surface area contributed by atoms with Crippen LogP contribution in [0, 0.1) is 17.8 Å². The highest BCUT2D eigenvalue weighted by atomic mass is 16.5. The average Bonchev–Trinajstić information content (AvgIpc) is 3.68. The molecule has 0 saturated heterocycles. The van der Waals surface area contributed by atoms with Crippen molar-refractivity contribution in [1.82, 2.24) is 10.6 Å². The first-order valence-electron chi connectivity index (χ1n) is 11.0. The maximum Gasteiger partial charge on any atom is 0.330 e. The van der Waals surface area contributed by atoms with E-state index in [9.17, 15) is 14.4 Å². The SMILES string of the molecule is COC(=O)[C@H](CNC(=O)CCC1CC1)NC(=O)c1ccc(C#C/C=C/c2ccccc2)cc1. The first-order chi connectivity index (χ1) is 16.0. The Morgan fingerprint density at radius 1 is 1.09 bits per heavy atom. The molecule has 3 rings (SSSR count). The Morgan fingerprint density at radius 2 is 1.82 bits per heavy atom. The van der Waals surface area contributed by atoms with E-state index in [1.807, 2.05) is 36.4 Å². The normalized spacial score (nSPS) is 13.5. The van der Waals surface area contributed by atoms with Gasteiger partial charge in [-0.25, -0.2) is 4.79 Å². The van der Waals surface area contributed by atoms with Gasteiger partial charge in [0, 0.05) is 24.1 Å². The van der Waals surface area contributed by atoms with Crippen LogP contribution in [-0.4, -0.2) is 37.5 Å².